The van der Waals surface area contributed by atoms with Gasteiger partial charge in [-0.25, -0.2) is 19.9 Å². The van der Waals surface area contributed by atoms with Gasteiger partial charge >= 0.3 is 0 Å². The maximum Gasteiger partial charge on any atom is 0.272 e. The molecule has 3 aliphatic rings. The Morgan fingerprint density at radius 2 is 1.71 bits per heavy atom. The molecule has 1 aromatic carbocycles. The number of hydrogen-bond acceptors (Lipinski definition) is 9. The number of aromatic nitrogens is 4. The molecule has 1 amide bonds. The number of nitrogens with one attached hydrogen (secondary N) is 1. The van der Waals surface area contributed by atoms with Crippen LogP contribution in [0, 0.1) is 0 Å². The van der Waals surface area contributed by atoms with E-state index in [4.69, 9.17) is 0 Å². The third-order valence-corrected chi connectivity index (χ3v) is 8.03. The number of aliphatic hydroxyl groups excluding tert-OH is 1. The summed E-state index contributed by atoms with van der Waals surface area (Å²) in [6.45, 7) is 4.41. The highest BCUT2D eigenvalue weighted by molar-refractivity contribution is 5.93. The molecule has 0 unspecified atom stereocenters. The molecule has 10 heteroatoms. The molecule has 10 nitrogen and oxygen atoms in total. The summed E-state index contributed by atoms with van der Waals surface area (Å²) >= 11 is 0. The van der Waals surface area contributed by atoms with Crippen LogP contribution in [0.1, 0.15) is 40.9 Å². The van der Waals surface area contributed by atoms with E-state index in [1.54, 1.807) is 23.4 Å². The number of hydrogen-bond donors (Lipinski definition) is 2. The highest BCUT2D eigenvalue weighted by atomic mass is 16.3. The SMILES string of the molecule is O=C(c1cc(NC2CCN(c3ncccn3)CC2)ncn1)N1CC[C@@H](N2CCc3ccccc3C2)[C@H](O)C1. The maximum absolute atomic E-state index is 13.3. The zero-order chi connectivity index (χ0) is 25.9. The van der Waals surface area contributed by atoms with Crippen LogP contribution in [0.3, 0.4) is 0 Å². The number of likely N-dealkylation sites (tertiary alicyclic amines) is 1. The van der Waals surface area contributed by atoms with E-state index in [9.17, 15) is 9.90 Å². The molecule has 198 valence electrons. The molecule has 3 aromatic rings. The summed E-state index contributed by atoms with van der Waals surface area (Å²) in [7, 11) is 0. The predicted octanol–water partition coefficient (Wildman–Crippen LogP) is 1.98. The molecule has 0 radical (unpaired) electrons. The molecular weight excluding hydrogens is 480 g/mol. The Balaban J connectivity index is 1.03. The van der Waals surface area contributed by atoms with Gasteiger partial charge in [0.2, 0.25) is 5.95 Å². The van der Waals surface area contributed by atoms with Gasteiger partial charge in [-0.1, -0.05) is 24.3 Å². The summed E-state index contributed by atoms with van der Waals surface area (Å²) in [6.07, 6.45) is 7.97. The van der Waals surface area contributed by atoms with Crippen LogP contribution in [0.2, 0.25) is 0 Å². The van der Waals surface area contributed by atoms with Crippen molar-refractivity contribution in [2.45, 2.75) is 50.4 Å². The van der Waals surface area contributed by atoms with Crippen LogP contribution in [0.15, 0.2) is 55.1 Å². The van der Waals surface area contributed by atoms with Gasteiger partial charge in [0.15, 0.2) is 0 Å². The zero-order valence-electron chi connectivity index (χ0n) is 21.5. The quantitative estimate of drug-likeness (QED) is 0.528. The number of β-amino-alcohol motifs (C(OH)–C–C–N with tert-alkyl or cyclic N) is 1. The lowest BCUT2D eigenvalue weighted by molar-refractivity contribution is -0.0139. The summed E-state index contributed by atoms with van der Waals surface area (Å²) in [5, 5.41) is 14.5. The molecule has 2 saturated heterocycles. The first-order valence-corrected chi connectivity index (χ1v) is 13.5. The Hall–Kier alpha value is -3.63. The van der Waals surface area contributed by atoms with Gasteiger partial charge in [0.05, 0.1) is 6.10 Å². The van der Waals surface area contributed by atoms with Crippen molar-refractivity contribution in [3.63, 3.8) is 0 Å². The molecule has 6 rings (SSSR count). The Labute approximate surface area is 222 Å². The number of carbonyl (C=O) groups is 1. The van der Waals surface area contributed by atoms with E-state index >= 15 is 0 Å². The van der Waals surface area contributed by atoms with E-state index in [1.165, 1.54) is 17.5 Å². The first-order chi connectivity index (χ1) is 18.6. The topological polar surface area (TPSA) is 111 Å². The van der Waals surface area contributed by atoms with Crippen LogP contribution in [0.25, 0.3) is 0 Å². The van der Waals surface area contributed by atoms with Gasteiger partial charge in [-0.05, 0) is 42.9 Å². The average molecular weight is 515 g/mol. The van der Waals surface area contributed by atoms with Gasteiger partial charge in [-0.15, -0.1) is 0 Å². The van der Waals surface area contributed by atoms with Gasteiger partial charge in [0.25, 0.3) is 5.91 Å². The smallest absolute Gasteiger partial charge is 0.272 e. The summed E-state index contributed by atoms with van der Waals surface area (Å²) in [5.41, 5.74) is 3.09. The molecule has 0 bridgehead atoms. The van der Waals surface area contributed by atoms with Gasteiger partial charge in [0, 0.05) is 69.8 Å². The summed E-state index contributed by atoms with van der Waals surface area (Å²) < 4.78 is 0. The van der Waals surface area contributed by atoms with E-state index in [1.807, 2.05) is 6.07 Å². The van der Waals surface area contributed by atoms with Gasteiger partial charge in [0.1, 0.15) is 17.8 Å². The van der Waals surface area contributed by atoms with Crippen LogP contribution < -0.4 is 10.2 Å². The van der Waals surface area contributed by atoms with Crippen molar-refractivity contribution in [1.82, 2.24) is 29.7 Å². The van der Waals surface area contributed by atoms with E-state index in [0.717, 1.165) is 57.8 Å². The summed E-state index contributed by atoms with van der Waals surface area (Å²) in [6, 6.07) is 12.4. The Kier molecular flexibility index (Phi) is 7.15. The fraction of sp³-hybridized carbons (Fsp3) is 0.464. The second-order valence-electron chi connectivity index (χ2n) is 10.4. The standard InChI is InChI=1S/C28H34N8O2/c37-25-18-36(15-9-24(25)35-12-6-20-4-1-2-5-21(20)17-35)27(38)23-16-26(32-19-31-23)33-22-7-13-34(14-8-22)28-29-10-3-11-30-28/h1-5,10-11,16,19,22,24-25,37H,6-9,12-15,17-18H2,(H,31,32,33)/t24-,25-/m1/s1. The van der Waals surface area contributed by atoms with Crippen molar-refractivity contribution in [1.29, 1.82) is 0 Å². The Morgan fingerprint density at radius 1 is 0.921 bits per heavy atom. The fourth-order valence-electron chi connectivity index (χ4n) is 5.93. The van der Waals surface area contributed by atoms with Crippen molar-refractivity contribution < 1.29 is 9.90 Å². The number of benzene rings is 1. The van der Waals surface area contributed by atoms with Crippen molar-refractivity contribution in [3.8, 4) is 0 Å². The zero-order valence-corrected chi connectivity index (χ0v) is 21.5. The lowest BCUT2D eigenvalue weighted by Gasteiger charge is -2.43. The number of rotatable bonds is 5. The predicted molar refractivity (Wildman–Crippen MR) is 144 cm³/mol. The molecule has 3 aliphatic heterocycles. The van der Waals surface area contributed by atoms with Crippen molar-refractivity contribution in [3.05, 3.63) is 71.9 Å². The lowest BCUT2D eigenvalue weighted by atomic mass is 9.94. The minimum atomic E-state index is -0.587. The number of carbonyl (C=O) groups excluding carboxylic acids is 1. The Morgan fingerprint density at radius 3 is 2.50 bits per heavy atom. The van der Waals surface area contributed by atoms with Crippen molar-refractivity contribution in [2.24, 2.45) is 0 Å². The lowest BCUT2D eigenvalue weighted by Crippen LogP contribution is -2.56. The second-order valence-corrected chi connectivity index (χ2v) is 10.4. The number of anilines is 2. The van der Waals surface area contributed by atoms with E-state index < -0.39 is 6.10 Å². The minimum Gasteiger partial charge on any atom is -0.390 e. The first-order valence-electron chi connectivity index (χ1n) is 13.5. The van der Waals surface area contributed by atoms with Crippen molar-refractivity contribution in [2.75, 3.05) is 42.9 Å². The molecule has 2 aromatic heterocycles. The van der Waals surface area contributed by atoms with E-state index in [0.29, 0.717) is 24.6 Å². The molecule has 0 saturated carbocycles. The second kappa shape index (κ2) is 11.0. The molecule has 5 heterocycles. The fourth-order valence-corrected chi connectivity index (χ4v) is 5.93. The maximum atomic E-state index is 13.3. The van der Waals surface area contributed by atoms with E-state index in [-0.39, 0.29) is 18.0 Å². The molecular formula is C28H34N8O2. The Bertz CT molecular complexity index is 1250. The number of piperidine rings is 2. The largest absolute Gasteiger partial charge is 0.390 e. The highest BCUT2D eigenvalue weighted by Gasteiger charge is 2.35. The number of aliphatic hydroxyl groups is 1. The van der Waals surface area contributed by atoms with Crippen molar-refractivity contribution >= 4 is 17.7 Å². The number of nitrogens with zero attached hydrogens (tertiary/aromatic N) is 7. The first kappa shape index (κ1) is 24.7. The highest BCUT2D eigenvalue weighted by Crippen LogP contribution is 2.26. The third kappa shape index (κ3) is 5.32. The monoisotopic (exact) mass is 514 g/mol. The van der Waals surface area contributed by atoms with Crippen LogP contribution in [-0.4, -0.2) is 91.7 Å². The number of fused-ring (bicyclic) bond motifs is 1. The molecule has 0 aliphatic carbocycles. The van der Waals surface area contributed by atoms with Gasteiger partial charge in [-0.3, -0.25) is 9.69 Å². The van der Waals surface area contributed by atoms with Crippen LogP contribution in [0.4, 0.5) is 11.8 Å². The van der Waals surface area contributed by atoms with Gasteiger partial charge in [-0.2, -0.15) is 0 Å². The third-order valence-electron chi connectivity index (χ3n) is 8.03. The molecule has 2 N–H and O–H groups in total. The van der Waals surface area contributed by atoms with Crippen LogP contribution in [-0.2, 0) is 13.0 Å². The molecule has 2 fully saturated rings. The summed E-state index contributed by atoms with van der Waals surface area (Å²) in [4.78, 5) is 36.9. The van der Waals surface area contributed by atoms with Crippen LogP contribution >= 0.6 is 0 Å². The van der Waals surface area contributed by atoms with E-state index in [2.05, 4.69) is 59.3 Å². The molecule has 38 heavy (non-hydrogen) atoms. The van der Waals surface area contributed by atoms with Gasteiger partial charge < -0.3 is 20.2 Å². The van der Waals surface area contributed by atoms with Crippen LogP contribution in [0.5, 0.6) is 0 Å². The average Bonchev–Trinajstić information content (AvgIpc) is 2.97. The molecule has 0 spiro atoms. The summed E-state index contributed by atoms with van der Waals surface area (Å²) in [5.74, 6) is 1.25. The molecule has 2 atom stereocenters. The normalized spacial score (nSPS) is 22.7. The number of amides is 1. The minimum absolute atomic E-state index is 0.0576.